The summed E-state index contributed by atoms with van der Waals surface area (Å²) in [5.41, 5.74) is 4.55. The van der Waals surface area contributed by atoms with Gasteiger partial charge in [0, 0.05) is 12.3 Å². The molecule has 0 saturated heterocycles. The van der Waals surface area contributed by atoms with E-state index in [9.17, 15) is 5.11 Å². The van der Waals surface area contributed by atoms with Gasteiger partial charge in [0.05, 0.1) is 16.6 Å². The second kappa shape index (κ2) is 8.52. The summed E-state index contributed by atoms with van der Waals surface area (Å²) in [6.07, 6.45) is 8.61. The van der Waals surface area contributed by atoms with Crippen molar-refractivity contribution in [2.24, 2.45) is 0 Å². The van der Waals surface area contributed by atoms with E-state index in [0.717, 1.165) is 68.5 Å². The SMILES string of the molecule is O[C@@]1(CCNCCCCc2nc3ccccc3[nH]2)C[C@H]2CCC[C@@H]1c1ccccc12. The summed E-state index contributed by atoms with van der Waals surface area (Å²) in [7, 11) is 0. The number of fused-ring (bicyclic) bond motifs is 4. The van der Waals surface area contributed by atoms with Gasteiger partial charge in [0.25, 0.3) is 0 Å². The van der Waals surface area contributed by atoms with E-state index in [2.05, 4.69) is 51.7 Å². The average Bonchev–Trinajstić information content (AvgIpc) is 2.99. The van der Waals surface area contributed by atoms with Crippen molar-refractivity contribution >= 4 is 11.0 Å². The maximum Gasteiger partial charge on any atom is 0.107 e. The van der Waals surface area contributed by atoms with Gasteiger partial charge in [-0.05, 0) is 80.8 Å². The van der Waals surface area contributed by atoms with Gasteiger partial charge in [0.1, 0.15) is 5.82 Å². The minimum Gasteiger partial charge on any atom is -0.389 e. The fourth-order valence-corrected chi connectivity index (χ4v) is 5.79. The standard InChI is InChI=1S/C26H33N3O/c30-26(18-19-8-7-11-22(26)21-10-2-1-9-20(19)21)15-17-27-16-6-5-14-25-28-23-12-3-4-13-24(23)29-25/h1-4,9-10,12-13,19,22,27,30H,5-8,11,14-18H2,(H,28,29)/t19-,22-,26+/m1/s1. The third kappa shape index (κ3) is 3.91. The zero-order valence-electron chi connectivity index (χ0n) is 17.7. The molecular formula is C26H33N3O. The molecular weight excluding hydrogens is 370 g/mol. The Kier molecular flexibility index (Phi) is 5.62. The van der Waals surface area contributed by atoms with Gasteiger partial charge in [-0.2, -0.15) is 0 Å². The monoisotopic (exact) mass is 403 g/mol. The van der Waals surface area contributed by atoms with E-state index in [-0.39, 0.29) is 0 Å². The van der Waals surface area contributed by atoms with Crippen LogP contribution < -0.4 is 5.32 Å². The van der Waals surface area contributed by atoms with Crippen molar-refractivity contribution in [1.29, 1.82) is 0 Å². The molecule has 3 aromatic rings. The summed E-state index contributed by atoms with van der Waals surface area (Å²) >= 11 is 0. The highest BCUT2D eigenvalue weighted by Gasteiger charge is 2.46. The number of rotatable bonds is 8. The molecule has 1 heterocycles. The van der Waals surface area contributed by atoms with E-state index in [0.29, 0.717) is 11.8 Å². The number of aliphatic hydroxyl groups is 1. The number of unbranched alkanes of at least 4 members (excludes halogenated alkanes) is 1. The highest BCUT2D eigenvalue weighted by Crippen LogP contribution is 2.53. The highest BCUT2D eigenvalue weighted by molar-refractivity contribution is 5.74. The quantitative estimate of drug-likeness (QED) is 0.461. The number of H-pyrrole nitrogens is 1. The molecule has 30 heavy (non-hydrogen) atoms. The lowest BCUT2D eigenvalue weighted by molar-refractivity contribution is -0.0130. The molecule has 0 aliphatic heterocycles. The first-order chi connectivity index (χ1) is 14.7. The Morgan fingerprint density at radius 3 is 2.73 bits per heavy atom. The van der Waals surface area contributed by atoms with Crippen LogP contribution in [0.5, 0.6) is 0 Å². The van der Waals surface area contributed by atoms with Crippen molar-refractivity contribution in [1.82, 2.24) is 15.3 Å². The fourth-order valence-electron chi connectivity index (χ4n) is 5.79. The van der Waals surface area contributed by atoms with Crippen LogP contribution in [0.25, 0.3) is 11.0 Å². The third-order valence-corrected chi connectivity index (χ3v) is 7.30. The predicted molar refractivity (Wildman–Crippen MR) is 122 cm³/mol. The lowest BCUT2D eigenvalue weighted by Gasteiger charge is -2.42. The molecule has 1 aromatic heterocycles. The molecule has 2 bridgehead atoms. The van der Waals surface area contributed by atoms with Gasteiger partial charge in [-0.25, -0.2) is 4.98 Å². The normalized spacial score (nSPS) is 25.4. The minimum atomic E-state index is -0.545. The van der Waals surface area contributed by atoms with Crippen LogP contribution in [0.4, 0.5) is 0 Å². The number of aryl methyl sites for hydroxylation is 1. The van der Waals surface area contributed by atoms with Crippen molar-refractivity contribution in [3.05, 3.63) is 65.5 Å². The van der Waals surface area contributed by atoms with Crippen LogP contribution in [0.15, 0.2) is 48.5 Å². The van der Waals surface area contributed by atoms with Crippen LogP contribution in [0, 0.1) is 0 Å². The van der Waals surface area contributed by atoms with Crippen molar-refractivity contribution in [3.8, 4) is 0 Å². The topological polar surface area (TPSA) is 60.9 Å². The molecule has 1 fully saturated rings. The minimum absolute atomic E-state index is 0.308. The molecule has 3 N–H and O–H groups in total. The van der Waals surface area contributed by atoms with E-state index in [1.165, 1.54) is 24.0 Å². The zero-order chi connectivity index (χ0) is 20.4. The Morgan fingerprint density at radius 1 is 1.00 bits per heavy atom. The van der Waals surface area contributed by atoms with Crippen molar-refractivity contribution in [2.45, 2.75) is 68.8 Å². The number of para-hydroxylation sites is 2. The van der Waals surface area contributed by atoms with Crippen LogP contribution in [0.2, 0.25) is 0 Å². The first-order valence-electron chi connectivity index (χ1n) is 11.7. The van der Waals surface area contributed by atoms with Gasteiger partial charge in [-0.15, -0.1) is 0 Å². The Hall–Kier alpha value is -2.17. The molecule has 1 saturated carbocycles. The number of nitrogens with one attached hydrogen (secondary N) is 2. The lowest BCUT2D eigenvalue weighted by Crippen LogP contribution is -2.42. The molecule has 4 nitrogen and oxygen atoms in total. The van der Waals surface area contributed by atoms with Crippen LogP contribution in [-0.2, 0) is 6.42 Å². The van der Waals surface area contributed by atoms with Crippen LogP contribution in [-0.4, -0.2) is 33.8 Å². The Bertz CT molecular complexity index is 964. The fraction of sp³-hybridized carbons (Fsp3) is 0.500. The van der Waals surface area contributed by atoms with Crippen molar-refractivity contribution in [3.63, 3.8) is 0 Å². The summed E-state index contributed by atoms with van der Waals surface area (Å²) in [5, 5.41) is 15.1. The van der Waals surface area contributed by atoms with E-state index in [4.69, 9.17) is 0 Å². The van der Waals surface area contributed by atoms with E-state index in [1.807, 2.05) is 12.1 Å². The number of hydrogen-bond donors (Lipinski definition) is 3. The summed E-state index contributed by atoms with van der Waals surface area (Å²) in [6.45, 7) is 1.90. The second-order valence-corrected chi connectivity index (χ2v) is 9.27. The molecule has 0 radical (unpaired) electrons. The molecule has 2 aromatic carbocycles. The number of imidazole rings is 1. The summed E-state index contributed by atoms with van der Waals surface area (Å²) in [6, 6.07) is 17.1. The highest BCUT2D eigenvalue weighted by atomic mass is 16.3. The largest absolute Gasteiger partial charge is 0.389 e. The van der Waals surface area contributed by atoms with E-state index in [1.54, 1.807) is 0 Å². The Balaban J connectivity index is 1.08. The van der Waals surface area contributed by atoms with Gasteiger partial charge in [-0.1, -0.05) is 42.8 Å². The summed E-state index contributed by atoms with van der Waals surface area (Å²) < 4.78 is 0. The molecule has 158 valence electrons. The van der Waals surface area contributed by atoms with Gasteiger partial charge in [-0.3, -0.25) is 0 Å². The third-order valence-electron chi connectivity index (χ3n) is 7.30. The van der Waals surface area contributed by atoms with Gasteiger partial charge in [0.15, 0.2) is 0 Å². The molecule has 0 amide bonds. The summed E-state index contributed by atoms with van der Waals surface area (Å²) in [4.78, 5) is 8.07. The molecule has 3 aliphatic rings. The van der Waals surface area contributed by atoms with Gasteiger partial charge < -0.3 is 15.4 Å². The molecule has 0 unspecified atom stereocenters. The molecule has 0 spiro atoms. The van der Waals surface area contributed by atoms with Crippen molar-refractivity contribution < 1.29 is 5.11 Å². The van der Waals surface area contributed by atoms with Gasteiger partial charge >= 0.3 is 0 Å². The number of aromatic amines is 1. The summed E-state index contributed by atoms with van der Waals surface area (Å²) in [5.74, 6) is 1.93. The van der Waals surface area contributed by atoms with E-state index < -0.39 is 5.60 Å². The first kappa shape index (κ1) is 19.8. The number of nitrogens with zero attached hydrogens (tertiary/aromatic N) is 1. The van der Waals surface area contributed by atoms with Crippen LogP contribution >= 0.6 is 0 Å². The zero-order valence-corrected chi connectivity index (χ0v) is 17.7. The molecule has 6 rings (SSSR count). The Morgan fingerprint density at radius 2 is 1.83 bits per heavy atom. The number of hydrogen-bond acceptors (Lipinski definition) is 3. The first-order valence-corrected chi connectivity index (χ1v) is 11.7. The number of benzene rings is 2. The van der Waals surface area contributed by atoms with E-state index >= 15 is 0 Å². The lowest BCUT2D eigenvalue weighted by atomic mass is 9.67. The maximum atomic E-state index is 11.6. The van der Waals surface area contributed by atoms with Crippen LogP contribution in [0.1, 0.15) is 73.7 Å². The Labute approximate surface area is 179 Å². The number of aromatic nitrogens is 2. The van der Waals surface area contributed by atoms with Crippen LogP contribution in [0.3, 0.4) is 0 Å². The molecule has 3 atom stereocenters. The molecule has 4 heteroatoms. The van der Waals surface area contributed by atoms with Crippen molar-refractivity contribution in [2.75, 3.05) is 13.1 Å². The molecule has 3 aliphatic carbocycles. The predicted octanol–water partition coefficient (Wildman–Crippen LogP) is 5.05. The maximum absolute atomic E-state index is 11.6. The average molecular weight is 404 g/mol. The smallest absolute Gasteiger partial charge is 0.107 e. The second-order valence-electron chi connectivity index (χ2n) is 9.27. The van der Waals surface area contributed by atoms with Gasteiger partial charge in [0.2, 0.25) is 0 Å².